The lowest BCUT2D eigenvalue weighted by Gasteiger charge is -2.21. The molecule has 2 rings (SSSR count). The van der Waals surface area contributed by atoms with Crippen molar-refractivity contribution in [2.75, 3.05) is 13.6 Å². The molecule has 0 radical (unpaired) electrons. The Kier molecular flexibility index (Phi) is 5.24. The number of hydrogen-bond acceptors (Lipinski definition) is 4. The lowest BCUT2D eigenvalue weighted by Crippen LogP contribution is -2.30. The van der Waals surface area contributed by atoms with E-state index in [0.717, 1.165) is 24.9 Å². The molecule has 4 nitrogen and oxygen atoms in total. The van der Waals surface area contributed by atoms with E-state index in [1.807, 2.05) is 40.0 Å². The van der Waals surface area contributed by atoms with E-state index < -0.39 is 5.60 Å². The van der Waals surface area contributed by atoms with Gasteiger partial charge in [-0.05, 0) is 64.3 Å². The van der Waals surface area contributed by atoms with Crippen molar-refractivity contribution in [3.63, 3.8) is 0 Å². The molecule has 1 aliphatic rings. The lowest BCUT2D eigenvalue weighted by atomic mass is 10.1. The standard InChI is InChI=1S/C18H27NO3/c1-18(2,3)22-17(21)15-7-5-13(6-8-15)11-19(4)12-16(20)14-9-10-14/h5-8,14,16,20H,9-12H2,1-4H3. The number of benzene rings is 1. The molecule has 1 saturated carbocycles. The molecule has 4 heteroatoms. The Labute approximate surface area is 133 Å². The predicted octanol–water partition coefficient (Wildman–Crippen LogP) is 2.84. The quantitative estimate of drug-likeness (QED) is 0.821. The average molecular weight is 305 g/mol. The number of ether oxygens (including phenoxy) is 1. The number of aliphatic hydroxyl groups is 1. The van der Waals surface area contributed by atoms with Crippen molar-refractivity contribution in [1.29, 1.82) is 0 Å². The van der Waals surface area contributed by atoms with Crippen LogP contribution in [-0.4, -0.2) is 41.3 Å². The maximum Gasteiger partial charge on any atom is 0.338 e. The SMILES string of the molecule is CN(Cc1ccc(C(=O)OC(C)(C)C)cc1)CC(O)C1CC1. The van der Waals surface area contributed by atoms with E-state index in [1.54, 1.807) is 12.1 Å². The van der Waals surface area contributed by atoms with E-state index in [1.165, 1.54) is 0 Å². The number of carbonyl (C=O) groups is 1. The van der Waals surface area contributed by atoms with Gasteiger partial charge in [0.15, 0.2) is 0 Å². The van der Waals surface area contributed by atoms with E-state index in [-0.39, 0.29) is 12.1 Å². The van der Waals surface area contributed by atoms with E-state index in [9.17, 15) is 9.90 Å². The molecular formula is C18H27NO3. The minimum absolute atomic E-state index is 0.217. The Morgan fingerprint density at radius 3 is 2.41 bits per heavy atom. The molecule has 0 bridgehead atoms. The van der Waals surface area contributed by atoms with Crippen molar-refractivity contribution in [1.82, 2.24) is 4.90 Å². The van der Waals surface area contributed by atoms with Gasteiger partial charge in [0.05, 0.1) is 11.7 Å². The van der Waals surface area contributed by atoms with Crippen molar-refractivity contribution in [3.05, 3.63) is 35.4 Å². The third-order valence-corrected chi connectivity index (χ3v) is 3.71. The molecular weight excluding hydrogens is 278 g/mol. The van der Waals surface area contributed by atoms with Gasteiger partial charge in [-0.2, -0.15) is 0 Å². The first-order chi connectivity index (χ1) is 10.2. The van der Waals surface area contributed by atoms with Gasteiger partial charge in [-0.1, -0.05) is 12.1 Å². The van der Waals surface area contributed by atoms with Crippen LogP contribution in [0.25, 0.3) is 0 Å². The number of esters is 1. The maximum absolute atomic E-state index is 12.0. The Balaban J connectivity index is 1.86. The molecule has 1 aromatic rings. The Hall–Kier alpha value is -1.39. The molecule has 1 unspecified atom stereocenters. The summed E-state index contributed by atoms with van der Waals surface area (Å²) in [6, 6.07) is 7.49. The highest BCUT2D eigenvalue weighted by Gasteiger charge is 2.30. The van der Waals surface area contributed by atoms with Crippen LogP contribution < -0.4 is 0 Å². The number of aliphatic hydroxyl groups excluding tert-OH is 1. The average Bonchev–Trinajstić information content (AvgIpc) is 3.21. The van der Waals surface area contributed by atoms with Crippen molar-refractivity contribution in [3.8, 4) is 0 Å². The van der Waals surface area contributed by atoms with Crippen LogP contribution in [0.2, 0.25) is 0 Å². The van der Waals surface area contributed by atoms with Crippen LogP contribution in [0.15, 0.2) is 24.3 Å². The number of hydrogen-bond donors (Lipinski definition) is 1. The zero-order valence-corrected chi connectivity index (χ0v) is 14.0. The summed E-state index contributed by atoms with van der Waals surface area (Å²) in [4.78, 5) is 14.1. The molecule has 1 aliphatic carbocycles. The smallest absolute Gasteiger partial charge is 0.338 e. The topological polar surface area (TPSA) is 49.8 Å². The monoisotopic (exact) mass is 305 g/mol. The number of rotatable bonds is 6. The van der Waals surface area contributed by atoms with Crippen LogP contribution in [0.3, 0.4) is 0 Å². The number of nitrogens with zero attached hydrogens (tertiary/aromatic N) is 1. The molecule has 0 saturated heterocycles. The summed E-state index contributed by atoms with van der Waals surface area (Å²) >= 11 is 0. The van der Waals surface area contributed by atoms with Crippen LogP contribution in [0.4, 0.5) is 0 Å². The summed E-state index contributed by atoms with van der Waals surface area (Å²) in [5.74, 6) is 0.202. The zero-order chi connectivity index (χ0) is 16.3. The maximum atomic E-state index is 12.0. The number of carbonyl (C=O) groups excluding carboxylic acids is 1. The predicted molar refractivity (Wildman–Crippen MR) is 86.7 cm³/mol. The summed E-state index contributed by atoms with van der Waals surface area (Å²) in [6.45, 7) is 7.04. The molecule has 22 heavy (non-hydrogen) atoms. The summed E-state index contributed by atoms with van der Waals surface area (Å²) in [5.41, 5.74) is 1.21. The van der Waals surface area contributed by atoms with Gasteiger partial charge in [0.1, 0.15) is 5.60 Å². The molecule has 0 amide bonds. The van der Waals surface area contributed by atoms with Gasteiger partial charge in [-0.25, -0.2) is 4.79 Å². The number of likely N-dealkylation sites (N-methyl/N-ethyl adjacent to an activating group) is 1. The second kappa shape index (κ2) is 6.80. The Bertz CT molecular complexity index is 500. The van der Waals surface area contributed by atoms with Crippen molar-refractivity contribution in [2.45, 2.75) is 51.9 Å². The molecule has 1 atom stereocenters. The minimum Gasteiger partial charge on any atom is -0.456 e. The molecule has 0 aliphatic heterocycles. The molecule has 122 valence electrons. The molecule has 0 aromatic heterocycles. The van der Waals surface area contributed by atoms with Gasteiger partial charge in [0.25, 0.3) is 0 Å². The summed E-state index contributed by atoms with van der Waals surface area (Å²) in [6.07, 6.45) is 2.09. The van der Waals surface area contributed by atoms with E-state index in [4.69, 9.17) is 4.74 Å². The first-order valence-corrected chi connectivity index (χ1v) is 7.93. The lowest BCUT2D eigenvalue weighted by molar-refractivity contribution is 0.00695. The van der Waals surface area contributed by atoms with Gasteiger partial charge in [-0.15, -0.1) is 0 Å². The molecule has 1 fully saturated rings. The van der Waals surface area contributed by atoms with Gasteiger partial charge in [0, 0.05) is 13.1 Å². The third kappa shape index (κ3) is 5.43. The van der Waals surface area contributed by atoms with E-state index in [2.05, 4.69) is 4.90 Å². The van der Waals surface area contributed by atoms with Crippen LogP contribution in [0.5, 0.6) is 0 Å². The molecule has 1 aromatic carbocycles. The fourth-order valence-corrected chi connectivity index (χ4v) is 2.41. The molecule has 1 N–H and O–H groups in total. The minimum atomic E-state index is -0.477. The van der Waals surface area contributed by atoms with E-state index in [0.29, 0.717) is 18.0 Å². The second-order valence-corrected chi connectivity index (χ2v) is 7.30. The normalized spacial score (nSPS) is 16.6. The van der Waals surface area contributed by atoms with Gasteiger partial charge >= 0.3 is 5.97 Å². The van der Waals surface area contributed by atoms with Gasteiger partial charge in [-0.3, -0.25) is 4.90 Å². The zero-order valence-electron chi connectivity index (χ0n) is 14.0. The molecule has 0 spiro atoms. The van der Waals surface area contributed by atoms with E-state index >= 15 is 0 Å². The highest BCUT2D eigenvalue weighted by atomic mass is 16.6. The highest BCUT2D eigenvalue weighted by Crippen LogP contribution is 2.32. The Morgan fingerprint density at radius 2 is 1.91 bits per heavy atom. The van der Waals surface area contributed by atoms with Crippen molar-refractivity contribution >= 4 is 5.97 Å². The van der Waals surface area contributed by atoms with Crippen LogP contribution in [0.1, 0.15) is 49.5 Å². The third-order valence-electron chi connectivity index (χ3n) is 3.71. The second-order valence-electron chi connectivity index (χ2n) is 7.30. The Morgan fingerprint density at radius 1 is 1.32 bits per heavy atom. The van der Waals surface area contributed by atoms with Crippen LogP contribution >= 0.6 is 0 Å². The fourth-order valence-electron chi connectivity index (χ4n) is 2.41. The highest BCUT2D eigenvalue weighted by molar-refractivity contribution is 5.89. The largest absolute Gasteiger partial charge is 0.456 e. The van der Waals surface area contributed by atoms with Crippen LogP contribution in [0, 0.1) is 5.92 Å². The van der Waals surface area contributed by atoms with Crippen molar-refractivity contribution < 1.29 is 14.6 Å². The van der Waals surface area contributed by atoms with Crippen LogP contribution in [-0.2, 0) is 11.3 Å². The first kappa shape index (κ1) is 17.0. The van der Waals surface area contributed by atoms with Gasteiger partial charge < -0.3 is 9.84 Å². The van der Waals surface area contributed by atoms with Gasteiger partial charge in [0.2, 0.25) is 0 Å². The summed E-state index contributed by atoms with van der Waals surface area (Å²) < 4.78 is 5.35. The molecule has 0 heterocycles. The van der Waals surface area contributed by atoms with Crippen molar-refractivity contribution in [2.24, 2.45) is 5.92 Å². The summed E-state index contributed by atoms with van der Waals surface area (Å²) in [5, 5.41) is 9.96. The first-order valence-electron chi connectivity index (χ1n) is 7.93. The fraction of sp³-hybridized carbons (Fsp3) is 0.611. The summed E-state index contributed by atoms with van der Waals surface area (Å²) in [7, 11) is 2.01.